The van der Waals surface area contributed by atoms with Crippen molar-refractivity contribution in [3.8, 4) is 5.75 Å². The molecule has 0 saturated carbocycles. The number of phenols is 1. The summed E-state index contributed by atoms with van der Waals surface area (Å²) < 4.78 is 0. The van der Waals surface area contributed by atoms with Gasteiger partial charge in [-0.15, -0.1) is 11.8 Å². The van der Waals surface area contributed by atoms with Gasteiger partial charge in [-0.25, -0.2) is 0 Å². The normalized spacial score (nSPS) is 24.1. The molecule has 35 heavy (non-hydrogen) atoms. The Bertz CT molecular complexity index is 1110. The van der Waals surface area contributed by atoms with E-state index in [0.717, 1.165) is 5.56 Å². The number of phenolic OH excluding ortho intramolecular Hbond substituents is 1. The second kappa shape index (κ2) is 11.2. The number of aliphatic imine (C=N–C) groups is 1. The van der Waals surface area contributed by atoms with Gasteiger partial charge >= 0.3 is 0 Å². The zero-order valence-corrected chi connectivity index (χ0v) is 20.3. The van der Waals surface area contributed by atoms with Gasteiger partial charge in [-0.1, -0.05) is 18.2 Å². The van der Waals surface area contributed by atoms with Crippen molar-refractivity contribution < 1.29 is 34.8 Å². The molecule has 0 heterocycles. The molecule has 0 saturated heterocycles. The number of nitrogens with zero attached hydrogens (tertiary/aromatic N) is 1. The van der Waals surface area contributed by atoms with Gasteiger partial charge in [0.1, 0.15) is 11.5 Å². The fourth-order valence-electron chi connectivity index (χ4n) is 4.90. The second-order valence-corrected chi connectivity index (χ2v) is 9.51. The highest BCUT2D eigenvalue weighted by Crippen LogP contribution is 2.49. The molecule has 9 nitrogen and oxygen atoms in total. The van der Waals surface area contributed by atoms with Crippen molar-refractivity contribution in [1.82, 2.24) is 0 Å². The molecule has 2 aliphatic rings. The maximum atomic E-state index is 13.5. The summed E-state index contributed by atoms with van der Waals surface area (Å²) in [5.74, 6) is -4.61. The highest BCUT2D eigenvalue weighted by atomic mass is 32.2. The topological polar surface area (TPSA) is 171 Å². The van der Waals surface area contributed by atoms with Crippen molar-refractivity contribution in [1.29, 1.82) is 0 Å². The van der Waals surface area contributed by atoms with Crippen LogP contribution in [0.3, 0.4) is 0 Å². The Balaban J connectivity index is 2.05. The molecule has 0 bridgehead atoms. The summed E-state index contributed by atoms with van der Waals surface area (Å²) >= 11 is 1.52. The number of amides is 1. The van der Waals surface area contributed by atoms with E-state index in [9.17, 15) is 34.8 Å². The van der Waals surface area contributed by atoms with E-state index in [1.54, 1.807) is 11.6 Å². The van der Waals surface area contributed by atoms with Gasteiger partial charge in [0, 0.05) is 30.4 Å². The molecule has 0 aromatic heterocycles. The van der Waals surface area contributed by atoms with Crippen LogP contribution in [0.2, 0.25) is 0 Å². The first-order valence-electron chi connectivity index (χ1n) is 11.4. The summed E-state index contributed by atoms with van der Waals surface area (Å²) in [6, 6.07) is 3.10. The molecule has 3 rings (SSSR count). The number of aromatic hydroxyl groups is 1. The first-order valence-corrected chi connectivity index (χ1v) is 12.5. The standard InChI is InChI=1S/C25H30N2O7S/c1-2-27-13-35-9-3-4-14-5-6-18(29)22-17(14)11-15-10-16(7-8-28)25(34,19(30)12-20(26)31)24(33)21(15)23(22)32/h3-6,13,15-16,28-29,33-34H,2,7-12H2,1H3,(H2,26,31)/b4-3+,27-13-/t15-,16-,25-/m1/s1. The molecule has 0 spiro atoms. The number of primary amides is 1. The number of benzene rings is 1. The average Bonchev–Trinajstić information content (AvgIpc) is 2.80. The highest BCUT2D eigenvalue weighted by molar-refractivity contribution is 8.12. The fourth-order valence-corrected chi connectivity index (χ4v) is 5.45. The van der Waals surface area contributed by atoms with E-state index in [1.165, 1.54) is 17.8 Å². The minimum absolute atomic E-state index is 0.00968. The Morgan fingerprint density at radius 1 is 1.31 bits per heavy atom. The van der Waals surface area contributed by atoms with E-state index >= 15 is 0 Å². The molecule has 188 valence electrons. The Labute approximate surface area is 207 Å². The van der Waals surface area contributed by atoms with E-state index in [0.29, 0.717) is 17.9 Å². The summed E-state index contributed by atoms with van der Waals surface area (Å²) in [5, 5.41) is 42.3. The van der Waals surface area contributed by atoms with Gasteiger partial charge in [-0.05, 0) is 49.3 Å². The number of aliphatic hydroxyl groups excluding tert-OH is 2. The number of thioether (sulfide) groups is 1. The Kier molecular flexibility index (Phi) is 8.52. The van der Waals surface area contributed by atoms with Crippen molar-refractivity contribution in [3.05, 3.63) is 46.2 Å². The van der Waals surface area contributed by atoms with E-state index in [4.69, 9.17) is 5.73 Å². The average molecular weight is 503 g/mol. The van der Waals surface area contributed by atoms with Crippen LogP contribution in [0.1, 0.15) is 47.7 Å². The van der Waals surface area contributed by atoms with Crippen LogP contribution >= 0.6 is 11.8 Å². The van der Waals surface area contributed by atoms with Gasteiger partial charge in [-0.3, -0.25) is 19.4 Å². The number of aliphatic hydroxyl groups is 3. The van der Waals surface area contributed by atoms with Crippen molar-refractivity contribution in [2.45, 2.75) is 38.2 Å². The number of fused-ring (bicyclic) bond motifs is 2. The molecular formula is C25H30N2O7S. The van der Waals surface area contributed by atoms with Gasteiger partial charge in [0.05, 0.1) is 17.5 Å². The van der Waals surface area contributed by atoms with Crippen LogP contribution < -0.4 is 5.73 Å². The van der Waals surface area contributed by atoms with Gasteiger partial charge in [-0.2, -0.15) is 0 Å². The predicted octanol–water partition coefficient (Wildman–Crippen LogP) is 1.93. The van der Waals surface area contributed by atoms with Crippen molar-refractivity contribution >= 4 is 40.9 Å². The molecule has 1 aromatic carbocycles. The summed E-state index contributed by atoms with van der Waals surface area (Å²) in [6.07, 6.45) is 3.32. The van der Waals surface area contributed by atoms with Gasteiger partial charge in [0.2, 0.25) is 5.91 Å². The molecule has 0 aliphatic heterocycles. The number of Topliss-reactive ketones (excluding diaryl/α,β-unsaturated/α-hetero) is 2. The lowest BCUT2D eigenvalue weighted by molar-refractivity contribution is -0.147. The van der Waals surface area contributed by atoms with Crippen LogP contribution in [-0.2, 0) is 16.0 Å². The SMILES string of the molecule is CC/N=C\SC/C=C/c1ccc(O)c2c1C[C@H]1C[C@@H](CCO)[C@@](O)(C(=O)CC(N)=O)C(O)=C1C2=O. The quantitative estimate of drug-likeness (QED) is 0.140. The number of rotatable bonds is 10. The zero-order valence-electron chi connectivity index (χ0n) is 19.4. The van der Waals surface area contributed by atoms with Crippen LogP contribution in [0.5, 0.6) is 5.75 Å². The molecule has 0 unspecified atom stereocenters. The van der Waals surface area contributed by atoms with Crippen LogP contribution in [-0.4, -0.2) is 68.0 Å². The molecule has 1 amide bonds. The van der Waals surface area contributed by atoms with Crippen molar-refractivity contribution in [2.75, 3.05) is 18.9 Å². The lowest BCUT2D eigenvalue weighted by atomic mass is 9.62. The van der Waals surface area contributed by atoms with E-state index in [-0.39, 0.29) is 42.8 Å². The lowest BCUT2D eigenvalue weighted by Gasteiger charge is -2.43. The maximum absolute atomic E-state index is 13.5. The van der Waals surface area contributed by atoms with Crippen LogP contribution in [0.15, 0.2) is 34.5 Å². The zero-order chi connectivity index (χ0) is 25.8. The Hall–Kier alpha value is -2.95. The third kappa shape index (κ3) is 5.19. The summed E-state index contributed by atoms with van der Waals surface area (Å²) in [5.41, 5.74) is 5.56. The molecule has 6 N–H and O–H groups in total. The van der Waals surface area contributed by atoms with E-state index < -0.39 is 47.1 Å². The van der Waals surface area contributed by atoms with E-state index in [2.05, 4.69) is 4.99 Å². The lowest BCUT2D eigenvalue weighted by Crippen LogP contribution is -2.54. The summed E-state index contributed by atoms with van der Waals surface area (Å²) in [6.45, 7) is 2.28. The molecular weight excluding hydrogens is 472 g/mol. The van der Waals surface area contributed by atoms with Gasteiger partial charge < -0.3 is 26.2 Å². The van der Waals surface area contributed by atoms with Gasteiger partial charge in [0.15, 0.2) is 17.2 Å². The summed E-state index contributed by atoms with van der Waals surface area (Å²) in [7, 11) is 0. The number of allylic oxidation sites excluding steroid dienone is 1. The number of ketones is 2. The smallest absolute Gasteiger partial charge is 0.225 e. The molecule has 3 atom stereocenters. The molecule has 2 aliphatic carbocycles. The maximum Gasteiger partial charge on any atom is 0.225 e. The third-order valence-corrected chi connectivity index (χ3v) is 7.18. The minimum Gasteiger partial charge on any atom is -0.508 e. The third-order valence-electron chi connectivity index (χ3n) is 6.49. The minimum atomic E-state index is -2.53. The van der Waals surface area contributed by atoms with Crippen molar-refractivity contribution in [3.63, 3.8) is 0 Å². The largest absolute Gasteiger partial charge is 0.508 e. The van der Waals surface area contributed by atoms with Gasteiger partial charge in [0.25, 0.3) is 0 Å². The Morgan fingerprint density at radius 3 is 2.71 bits per heavy atom. The van der Waals surface area contributed by atoms with E-state index in [1.807, 2.05) is 19.1 Å². The molecule has 1 aromatic rings. The first kappa shape index (κ1) is 26.7. The fraction of sp³-hybridized carbons (Fsp3) is 0.440. The number of carbonyl (C=O) groups is 3. The number of nitrogens with two attached hydrogens (primary N) is 1. The molecule has 10 heteroatoms. The van der Waals surface area contributed by atoms with Crippen LogP contribution in [0.25, 0.3) is 6.08 Å². The monoisotopic (exact) mass is 502 g/mol. The van der Waals surface area contributed by atoms with Crippen LogP contribution in [0.4, 0.5) is 0 Å². The first-order chi connectivity index (χ1) is 16.7. The second-order valence-electron chi connectivity index (χ2n) is 8.64. The highest BCUT2D eigenvalue weighted by Gasteiger charge is 2.55. The summed E-state index contributed by atoms with van der Waals surface area (Å²) in [4.78, 5) is 41.8. The predicted molar refractivity (Wildman–Crippen MR) is 133 cm³/mol. The van der Waals surface area contributed by atoms with Crippen molar-refractivity contribution in [2.24, 2.45) is 22.6 Å². The molecule has 0 fully saturated rings. The number of hydrogen-bond donors (Lipinski definition) is 5. The molecule has 0 radical (unpaired) electrons. The Morgan fingerprint density at radius 2 is 2.06 bits per heavy atom. The number of hydrogen-bond acceptors (Lipinski definition) is 9. The van der Waals surface area contributed by atoms with Crippen LogP contribution in [0, 0.1) is 11.8 Å². The number of carbonyl (C=O) groups excluding carboxylic acids is 3.